The van der Waals surface area contributed by atoms with Crippen molar-refractivity contribution >= 4 is 12.0 Å². The molecule has 2 atom stereocenters. The van der Waals surface area contributed by atoms with Gasteiger partial charge in [-0.3, -0.25) is 9.69 Å². The monoisotopic (exact) mass is 484 g/mol. The predicted octanol–water partition coefficient (Wildman–Crippen LogP) is 4.60. The first-order valence-electron chi connectivity index (χ1n) is 12.2. The molecule has 1 fully saturated rings. The number of carbonyl (C=O) groups excluding carboxylic acids is 1. The molecule has 190 valence electrons. The Kier molecular flexibility index (Phi) is 9.93. The van der Waals surface area contributed by atoms with E-state index in [1.165, 1.54) is 4.90 Å². The van der Waals surface area contributed by atoms with Crippen molar-refractivity contribution in [3.05, 3.63) is 64.7 Å². The molecule has 2 amide bonds. The molecule has 1 heterocycles. The molecule has 3 rings (SSSR count). The van der Waals surface area contributed by atoms with E-state index in [2.05, 4.69) is 5.32 Å². The molecular weight excluding hydrogens is 448 g/mol. The summed E-state index contributed by atoms with van der Waals surface area (Å²) in [4.78, 5) is 26.7. The first kappa shape index (κ1) is 26.5. The van der Waals surface area contributed by atoms with Crippen molar-refractivity contribution in [1.82, 2.24) is 10.2 Å². The lowest BCUT2D eigenvalue weighted by Crippen LogP contribution is -2.53. The van der Waals surface area contributed by atoms with Crippen LogP contribution in [-0.2, 0) is 28.9 Å². The lowest BCUT2D eigenvalue weighted by atomic mass is 9.99. The van der Waals surface area contributed by atoms with Crippen LogP contribution in [0.3, 0.4) is 0 Å². The van der Waals surface area contributed by atoms with E-state index in [0.29, 0.717) is 31.4 Å². The van der Waals surface area contributed by atoms with E-state index in [0.717, 1.165) is 35.3 Å². The van der Waals surface area contributed by atoms with E-state index in [1.807, 2.05) is 56.3 Å². The minimum absolute atomic E-state index is 0.138. The Morgan fingerprint density at radius 2 is 1.77 bits per heavy atom. The fourth-order valence-electron chi connectivity index (χ4n) is 4.41. The molecule has 2 aromatic rings. The molecule has 2 N–H and O–H groups in total. The standard InChI is InChI=1S/C27H36N2O6/c1-4-20-15-22(16-21(5-2)24(20)35-18-33-3)25(30)28-23-13-9-10-14-29(27(31)32)26(23)34-17-19-11-7-6-8-12-19/h6-8,11-12,15-16,23,26H,4-5,9-10,13-14,17-18H2,1-3H3,(H,28,30)(H,31,32)/t23-,26?/m1/s1. The van der Waals surface area contributed by atoms with Crippen LogP contribution in [0.4, 0.5) is 4.79 Å². The molecule has 35 heavy (non-hydrogen) atoms. The van der Waals surface area contributed by atoms with Crippen LogP contribution in [0, 0.1) is 0 Å². The highest BCUT2D eigenvalue weighted by Crippen LogP contribution is 2.28. The Bertz CT molecular complexity index is 956. The fourth-order valence-corrected chi connectivity index (χ4v) is 4.41. The Balaban J connectivity index is 1.84. The SMILES string of the molecule is CCc1cc(C(=O)N[C@@H]2CCCCN(C(=O)O)C2OCc2ccccc2)cc(CC)c1OCOC. The summed E-state index contributed by atoms with van der Waals surface area (Å²) in [5.74, 6) is 0.502. The topological polar surface area (TPSA) is 97.3 Å². The highest BCUT2D eigenvalue weighted by Gasteiger charge is 2.35. The summed E-state index contributed by atoms with van der Waals surface area (Å²) in [5.41, 5.74) is 3.32. The van der Waals surface area contributed by atoms with Gasteiger partial charge in [0.2, 0.25) is 0 Å². The molecule has 0 spiro atoms. The number of hydrogen-bond acceptors (Lipinski definition) is 5. The number of hydrogen-bond donors (Lipinski definition) is 2. The molecule has 2 aromatic carbocycles. The second-order valence-corrected chi connectivity index (χ2v) is 8.62. The van der Waals surface area contributed by atoms with Gasteiger partial charge < -0.3 is 24.6 Å². The molecule has 0 bridgehead atoms. The smallest absolute Gasteiger partial charge is 0.409 e. The van der Waals surface area contributed by atoms with Gasteiger partial charge in [0.25, 0.3) is 5.91 Å². The Hall–Kier alpha value is -3.10. The van der Waals surface area contributed by atoms with Crippen molar-refractivity contribution in [2.75, 3.05) is 20.4 Å². The largest absolute Gasteiger partial charge is 0.467 e. The third kappa shape index (κ3) is 6.96. The summed E-state index contributed by atoms with van der Waals surface area (Å²) in [7, 11) is 1.57. The van der Waals surface area contributed by atoms with Gasteiger partial charge in [-0.05, 0) is 60.9 Å². The summed E-state index contributed by atoms with van der Waals surface area (Å²) >= 11 is 0. The summed E-state index contributed by atoms with van der Waals surface area (Å²) in [5, 5.41) is 12.9. The lowest BCUT2D eigenvalue weighted by molar-refractivity contribution is -0.0711. The number of carboxylic acid groups (broad SMARTS) is 1. The second-order valence-electron chi connectivity index (χ2n) is 8.62. The minimum Gasteiger partial charge on any atom is -0.467 e. The summed E-state index contributed by atoms with van der Waals surface area (Å²) in [6.07, 6.45) is 1.72. The van der Waals surface area contributed by atoms with E-state index < -0.39 is 18.4 Å². The van der Waals surface area contributed by atoms with E-state index in [-0.39, 0.29) is 19.3 Å². The zero-order valence-corrected chi connectivity index (χ0v) is 20.8. The molecule has 1 unspecified atom stereocenters. The maximum atomic E-state index is 13.4. The van der Waals surface area contributed by atoms with E-state index in [9.17, 15) is 14.7 Å². The molecule has 1 aliphatic heterocycles. The van der Waals surface area contributed by atoms with Crippen molar-refractivity contribution in [3.63, 3.8) is 0 Å². The van der Waals surface area contributed by atoms with Crippen LogP contribution in [0.1, 0.15) is 60.2 Å². The average molecular weight is 485 g/mol. The Morgan fingerprint density at radius 1 is 1.09 bits per heavy atom. The van der Waals surface area contributed by atoms with Gasteiger partial charge in [-0.15, -0.1) is 0 Å². The predicted molar refractivity (Wildman–Crippen MR) is 133 cm³/mol. The van der Waals surface area contributed by atoms with Crippen LogP contribution >= 0.6 is 0 Å². The van der Waals surface area contributed by atoms with Crippen LogP contribution in [-0.4, -0.2) is 54.7 Å². The number of benzene rings is 2. The maximum Gasteiger partial charge on any atom is 0.409 e. The molecule has 8 nitrogen and oxygen atoms in total. The average Bonchev–Trinajstić information content (AvgIpc) is 3.08. The van der Waals surface area contributed by atoms with Crippen molar-refractivity contribution in [3.8, 4) is 5.75 Å². The van der Waals surface area contributed by atoms with Crippen LogP contribution in [0.25, 0.3) is 0 Å². The highest BCUT2D eigenvalue weighted by molar-refractivity contribution is 5.95. The van der Waals surface area contributed by atoms with Crippen molar-refractivity contribution in [2.24, 2.45) is 0 Å². The number of aryl methyl sites for hydroxylation is 2. The van der Waals surface area contributed by atoms with Crippen molar-refractivity contribution in [2.45, 2.75) is 64.8 Å². The highest BCUT2D eigenvalue weighted by atomic mass is 16.7. The zero-order chi connectivity index (χ0) is 25.2. The normalized spacial score (nSPS) is 18.1. The van der Waals surface area contributed by atoms with Gasteiger partial charge in [-0.1, -0.05) is 44.2 Å². The third-order valence-corrected chi connectivity index (χ3v) is 6.23. The number of rotatable bonds is 10. The van der Waals surface area contributed by atoms with Crippen molar-refractivity contribution < 1.29 is 28.9 Å². The lowest BCUT2D eigenvalue weighted by Gasteiger charge is -2.33. The number of ether oxygens (including phenoxy) is 3. The first-order chi connectivity index (χ1) is 17.0. The molecule has 0 saturated carbocycles. The van der Waals surface area contributed by atoms with E-state index in [1.54, 1.807) is 7.11 Å². The number of carbonyl (C=O) groups is 2. The van der Waals surface area contributed by atoms with Crippen LogP contribution in [0.2, 0.25) is 0 Å². The number of amides is 2. The molecule has 0 radical (unpaired) electrons. The van der Waals surface area contributed by atoms with Crippen molar-refractivity contribution in [1.29, 1.82) is 0 Å². The number of nitrogens with one attached hydrogen (secondary N) is 1. The summed E-state index contributed by atoms with van der Waals surface area (Å²) in [6, 6.07) is 12.8. The number of likely N-dealkylation sites (tertiary alicyclic amines) is 1. The Labute approximate surface area is 207 Å². The van der Waals surface area contributed by atoms with Gasteiger partial charge in [-0.25, -0.2) is 4.79 Å². The van der Waals surface area contributed by atoms with E-state index >= 15 is 0 Å². The molecule has 1 aliphatic rings. The molecule has 1 saturated heterocycles. The molecule has 0 aromatic heterocycles. The maximum absolute atomic E-state index is 13.4. The third-order valence-electron chi connectivity index (χ3n) is 6.23. The second kappa shape index (κ2) is 13.1. The van der Waals surface area contributed by atoms with Gasteiger partial charge in [0.15, 0.2) is 13.0 Å². The molecule has 0 aliphatic carbocycles. The molecular formula is C27H36N2O6. The minimum atomic E-state index is -1.05. The molecule has 8 heteroatoms. The fraction of sp³-hybridized carbons (Fsp3) is 0.481. The Morgan fingerprint density at radius 3 is 2.37 bits per heavy atom. The van der Waals surface area contributed by atoms with Gasteiger partial charge in [0, 0.05) is 19.2 Å². The first-order valence-corrected chi connectivity index (χ1v) is 12.2. The van der Waals surface area contributed by atoms with Gasteiger partial charge in [0.05, 0.1) is 12.6 Å². The van der Waals surface area contributed by atoms with Crippen LogP contribution in [0.5, 0.6) is 5.75 Å². The quantitative estimate of drug-likeness (QED) is 0.479. The summed E-state index contributed by atoms with van der Waals surface area (Å²) in [6.45, 7) is 4.79. The van der Waals surface area contributed by atoms with Gasteiger partial charge >= 0.3 is 6.09 Å². The summed E-state index contributed by atoms with van der Waals surface area (Å²) < 4.78 is 17.0. The number of methoxy groups -OCH3 is 1. The zero-order valence-electron chi connectivity index (χ0n) is 20.8. The number of nitrogens with zero attached hydrogens (tertiary/aromatic N) is 1. The van der Waals surface area contributed by atoms with Gasteiger partial charge in [0.1, 0.15) is 5.75 Å². The van der Waals surface area contributed by atoms with Crippen LogP contribution in [0.15, 0.2) is 42.5 Å². The van der Waals surface area contributed by atoms with Crippen LogP contribution < -0.4 is 10.1 Å². The van der Waals surface area contributed by atoms with E-state index in [4.69, 9.17) is 14.2 Å². The van der Waals surface area contributed by atoms with Gasteiger partial charge in [-0.2, -0.15) is 0 Å².